The maximum atomic E-state index is 10.5. The predicted molar refractivity (Wildman–Crippen MR) is 57.1 cm³/mol. The van der Waals surface area contributed by atoms with Crippen molar-refractivity contribution in [3.63, 3.8) is 0 Å². The monoisotopic (exact) mass is 205 g/mol. The summed E-state index contributed by atoms with van der Waals surface area (Å²) in [5, 5.41) is 8.64. The lowest BCUT2D eigenvalue weighted by atomic mass is 9.87. The molecule has 0 aliphatic rings. The molecule has 0 saturated carbocycles. The summed E-state index contributed by atoms with van der Waals surface area (Å²) in [7, 11) is 0. The first kappa shape index (κ1) is 12.8. The molecule has 0 aliphatic heterocycles. The summed E-state index contributed by atoms with van der Waals surface area (Å²) < 4.78 is -0.299. The largest absolute Gasteiger partial charge is 0.480 e. The number of carboxylic acids is 1. The Morgan fingerprint density at radius 1 is 1.69 bits per heavy atom. The summed E-state index contributed by atoms with van der Waals surface area (Å²) >= 11 is 4.45. The van der Waals surface area contributed by atoms with Crippen molar-refractivity contribution in [2.24, 2.45) is 11.7 Å². The summed E-state index contributed by atoms with van der Waals surface area (Å²) in [4.78, 5) is 10.5. The number of hydrogen-bond acceptors (Lipinski definition) is 3. The molecule has 0 radical (unpaired) electrons. The van der Waals surface area contributed by atoms with Crippen LogP contribution in [-0.4, -0.2) is 21.9 Å². The first-order valence-electron chi connectivity index (χ1n) is 4.52. The SMILES string of the molecule is CCC(C)C(C)(S)CC(N)C(=O)O. The van der Waals surface area contributed by atoms with Crippen LogP contribution >= 0.6 is 12.6 Å². The zero-order valence-corrected chi connectivity index (χ0v) is 9.34. The van der Waals surface area contributed by atoms with E-state index in [0.717, 1.165) is 6.42 Å². The number of hydrogen-bond donors (Lipinski definition) is 3. The van der Waals surface area contributed by atoms with Crippen LogP contribution in [0.3, 0.4) is 0 Å². The minimum Gasteiger partial charge on any atom is -0.480 e. The number of rotatable bonds is 5. The molecule has 78 valence electrons. The van der Waals surface area contributed by atoms with Crippen LogP contribution in [0.25, 0.3) is 0 Å². The Hall–Kier alpha value is -0.220. The Morgan fingerprint density at radius 2 is 2.15 bits per heavy atom. The molecule has 0 aromatic rings. The third-order valence-electron chi connectivity index (χ3n) is 2.62. The highest BCUT2D eigenvalue weighted by Gasteiger charge is 2.30. The van der Waals surface area contributed by atoms with Crippen molar-refractivity contribution < 1.29 is 9.90 Å². The zero-order chi connectivity index (χ0) is 10.6. The van der Waals surface area contributed by atoms with Crippen LogP contribution in [-0.2, 0) is 4.79 Å². The average molecular weight is 205 g/mol. The molecule has 0 fully saturated rings. The van der Waals surface area contributed by atoms with Crippen LogP contribution in [0.1, 0.15) is 33.6 Å². The van der Waals surface area contributed by atoms with Gasteiger partial charge in [0.1, 0.15) is 6.04 Å². The highest BCUT2D eigenvalue weighted by Crippen LogP contribution is 2.31. The summed E-state index contributed by atoms with van der Waals surface area (Å²) in [6.45, 7) is 6.06. The second-order valence-corrected chi connectivity index (χ2v) is 4.84. The van der Waals surface area contributed by atoms with E-state index >= 15 is 0 Å². The highest BCUT2D eigenvalue weighted by atomic mass is 32.1. The first-order chi connectivity index (χ1) is 5.81. The predicted octanol–water partition coefficient (Wildman–Crippen LogP) is 1.52. The van der Waals surface area contributed by atoms with Gasteiger partial charge in [0.2, 0.25) is 0 Å². The molecule has 13 heavy (non-hydrogen) atoms. The van der Waals surface area contributed by atoms with Gasteiger partial charge in [-0.3, -0.25) is 4.79 Å². The number of nitrogens with two attached hydrogens (primary N) is 1. The van der Waals surface area contributed by atoms with Gasteiger partial charge < -0.3 is 10.8 Å². The topological polar surface area (TPSA) is 63.3 Å². The fourth-order valence-electron chi connectivity index (χ4n) is 1.17. The van der Waals surface area contributed by atoms with E-state index in [4.69, 9.17) is 10.8 Å². The van der Waals surface area contributed by atoms with Gasteiger partial charge in [0.25, 0.3) is 0 Å². The maximum Gasteiger partial charge on any atom is 0.320 e. The standard InChI is InChI=1S/C9H19NO2S/c1-4-6(2)9(3,13)5-7(10)8(11)12/h6-7,13H,4-5,10H2,1-3H3,(H,11,12). The molecule has 3 atom stereocenters. The zero-order valence-electron chi connectivity index (χ0n) is 8.45. The molecule has 0 saturated heterocycles. The fraction of sp³-hybridized carbons (Fsp3) is 0.889. The van der Waals surface area contributed by atoms with E-state index in [1.165, 1.54) is 0 Å². The van der Waals surface area contributed by atoms with Gasteiger partial charge in [-0.25, -0.2) is 0 Å². The van der Waals surface area contributed by atoms with Gasteiger partial charge in [0.15, 0.2) is 0 Å². The van der Waals surface area contributed by atoms with E-state index in [-0.39, 0.29) is 4.75 Å². The van der Waals surface area contributed by atoms with E-state index in [2.05, 4.69) is 26.5 Å². The molecule has 0 rings (SSSR count). The molecule has 0 bridgehead atoms. The number of carbonyl (C=O) groups is 1. The number of thiol groups is 1. The molecule has 0 amide bonds. The fourth-order valence-corrected chi connectivity index (χ4v) is 1.55. The van der Waals surface area contributed by atoms with Gasteiger partial charge in [0, 0.05) is 4.75 Å². The Balaban J connectivity index is 4.23. The second kappa shape index (κ2) is 4.86. The molecule has 4 heteroatoms. The van der Waals surface area contributed by atoms with E-state index in [1.807, 2.05) is 6.92 Å². The van der Waals surface area contributed by atoms with E-state index in [1.54, 1.807) is 0 Å². The average Bonchev–Trinajstić information content (AvgIpc) is 2.01. The van der Waals surface area contributed by atoms with Crippen molar-refractivity contribution in [3.8, 4) is 0 Å². The molecular formula is C9H19NO2S. The van der Waals surface area contributed by atoms with Gasteiger partial charge in [-0.05, 0) is 12.3 Å². The third kappa shape index (κ3) is 4.00. The molecule has 0 heterocycles. The second-order valence-electron chi connectivity index (χ2n) is 3.82. The molecule has 3 unspecified atom stereocenters. The molecule has 0 aromatic heterocycles. The van der Waals surface area contributed by atoms with Crippen LogP contribution in [0.4, 0.5) is 0 Å². The van der Waals surface area contributed by atoms with E-state index in [0.29, 0.717) is 12.3 Å². The highest BCUT2D eigenvalue weighted by molar-refractivity contribution is 7.81. The van der Waals surface area contributed by atoms with Gasteiger partial charge in [-0.1, -0.05) is 27.2 Å². The lowest BCUT2D eigenvalue weighted by Crippen LogP contribution is -2.39. The Kier molecular flexibility index (Phi) is 4.78. The van der Waals surface area contributed by atoms with Crippen molar-refractivity contribution in [2.75, 3.05) is 0 Å². The first-order valence-corrected chi connectivity index (χ1v) is 4.96. The molecular weight excluding hydrogens is 186 g/mol. The van der Waals surface area contributed by atoms with Crippen molar-refractivity contribution in [1.29, 1.82) is 0 Å². The van der Waals surface area contributed by atoms with Gasteiger partial charge in [-0.2, -0.15) is 12.6 Å². The van der Waals surface area contributed by atoms with Crippen molar-refractivity contribution >= 4 is 18.6 Å². The van der Waals surface area contributed by atoms with Crippen molar-refractivity contribution in [2.45, 2.75) is 44.4 Å². The molecule has 0 aromatic carbocycles. The van der Waals surface area contributed by atoms with E-state index < -0.39 is 12.0 Å². The minimum absolute atomic E-state index is 0.299. The van der Waals surface area contributed by atoms with Crippen molar-refractivity contribution in [1.82, 2.24) is 0 Å². The lowest BCUT2D eigenvalue weighted by Gasteiger charge is -2.31. The number of carboxylic acid groups (broad SMARTS) is 1. The Bertz CT molecular complexity index is 182. The Morgan fingerprint density at radius 3 is 2.46 bits per heavy atom. The molecule has 3 nitrogen and oxygen atoms in total. The summed E-state index contributed by atoms with van der Waals surface area (Å²) in [6.07, 6.45) is 1.38. The van der Waals surface area contributed by atoms with Gasteiger partial charge in [-0.15, -0.1) is 0 Å². The van der Waals surface area contributed by atoms with Crippen LogP contribution < -0.4 is 5.73 Å². The lowest BCUT2D eigenvalue weighted by molar-refractivity contribution is -0.138. The van der Waals surface area contributed by atoms with Crippen LogP contribution in [0, 0.1) is 5.92 Å². The summed E-state index contributed by atoms with van der Waals surface area (Å²) in [5.74, 6) is -0.593. The van der Waals surface area contributed by atoms with Crippen LogP contribution in [0.2, 0.25) is 0 Å². The summed E-state index contributed by atoms with van der Waals surface area (Å²) in [6, 6.07) is -0.809. The molecule has 3 N–H and O–H groups in total. The van der Waals surface area contributed by atoms with E-state index in [9.17, 15) is 4.79 Å². The Labute approximate surface area is 85.1 Å². The van der Waals surface area contributed by atoms with Gasteiger partial charge >= 0.3 is 5.97 Å². The summed E-state index contributed by atoms with van der Waals surface area (Å²) in [5.41, 5.74) is 5.45. The molecule has 0 aliphatic carbocycles. The van der Waals surface area contributed by atoms with Crippen molar-refractivity contribution in [3.05, 3.63) is 0 Å². The maximum absolute atomic E-state index is 10.5. The van der Waals surface area contributed by atoms with Crippen LogP contribution in [0.5, 0.6) is 0 Å². The quantitative estimate of drug-likeness (QED) is 0.596. The van der Waals surface area contributed by atoms with Gasteiger partial charge in [0.05, 0.1) is 0 Å². The normalized spacial score (nSPS) is 20.4. The molecule has 0 spiro atoms. The number of aliphatic carboxylic acids is 1. The third-order valence-corrected chi connectivity index (χ3v) is 3.25. The minimum atomic E-state index is -0.955. The van der Waals surface area contributed by atoms with Crippen LogP contribution in [0.15, 0.2) is 0 Å². The smallest absolute Gasteiger partial charge is 0.320 e.